The van der Waals surface area contributed by atoms with E-state index in [1.165, 1.54) is 56.6 Å². The molecule has 0 fully saturated rings. The highest BCUT2D eigenvalue weighted by atomic mass is 14.1. The summed E-state index contributed by atoms with van der Waals surface area (Å²) < 4.78 is 0. The van der Waals surface area contributed by atoms with Gasteiger partial charge in [-0.05, 0) is 82.3 Å². The van der Waals surface area contributed by atoms with Gasteiger partial charge in [0.25, 0.3) is 0 Å². The van der Waals surface area contributed by atoms with Crippen molar-refractivity contribution in [1.29, 1.82) is 0 Å². The van der Waals surface area contributed by atoms with Crippen LogP contribution in [-0.2, 0) is 25.7 Å². The third-order valence-electron chi connectivity index (χ3n) is 5.99. The van der Waals surface area contributed by atoms with E-state index in [1.807, 2.05) is 0 Å². The molecule has 4 bridgehead atoms. The van der Waals surface area contributed by atoms with Crippen LogP contribution in [-0.4, -0.2) is 0 Å². The molecule has 0 aromatic heterocycles. The van der Waals surface area contributed by atoms with Crippen molar-refractivity contribution in [2.24, 2.45) is 0 Å². The minimum Gasteiger partial charge on any atom is -0.0616 e. The maximum absolute atomic E-state index is 2.38. The molecule has 128 valence electrons. The normalized spacial score (nSPS) is 14.8. The van der Waals surface area contributed by atoms with Crippen molar-refractivity contribution in [2.75, 3.05) is 0 Å². The standard InChI is InChI=1S/C26H24/c1-2-12-24-20-8-6-10-22-18-17-21(25-13-3-4-14-26(22)25)9-5-7-19(15-16-20)23(24)11-1/h1-4,11-18H,5-10H2. The smallest absolute Gasteiger partial charge is 0.0149 e. The molecule has 6 rings (SSSR count). The van der Waals surface area contributed by atoms with Crippen LogP contribution in [0.15, 0.2) is 72.8 Å². The summed E-state index contributed by atoms with van der Waals surface area (Å²) in [5.74, 6) is 0. The maximum Gasteiger partial charge on any atom is -0.0149 e. The fourth-order valence-corrected chi connectivity index (χ4v) is 4.66. The molecule has 2 aliphatic rings. The Bertz CT molecular complexity index is 913. The second-order valence-corrected chi connectivity index (χ2v) is 7.57. The number of hydrogen-bond acceptors (Lipinski definition) is 0. The number of fused-ring (bicyclic) bond motifs is 6. The molecule has 0 radical (unpaired) electrons. The minimum absolute atomic E-state index is 1.15. The van der Waals surface area contributed by atoms with Gasteiger partial charge in [0.2, 0.25) is 0 Å². The van der Waals surface area contributed by atoms with Crippen LogP contribution in [0, 0.1) is 0 Å². The van der Waals surface area contributed by atoms with E-state index in [4.69, 9.17) is 0 Å². The predicted octanol–water partition coefficient (Wildman–Crippen LogP) is 6.66. The lowest BCUT2D eigenvalue weighted by Crippen LogP contribution is -1.99. The van der Waals surface area contributed by atoms with Gasteiger partial charge in [-0.1, -0.05) is 72.8 Å². The van der Waals surface area contributed by atoms with Crippen LogP contribution < -0.4 is 0 Å². The van der Waals surface area contributed by atoms with Crippen molar-refractivity contribution < 1.29 is 0 Å². The van der Waals surface area contributed by atoms with Gasteiger partial charge in [-0.2, -0.15) is 0 Å². The molecule has 0 spiro atoms. The van der Waals surface area contributed by atoms with E-state index < -0.39 is 0 Å². The Balaban J connectivity index is 1.62. The zero-order valence-electron chi connectivity index (χ0n) is 15.2. The molecule has 0 unspecified atom stereocenters. The lowest BCUT2D eigenvalue weighted by atomic mass is 9.89. The second kappa shape index (κ2) is 6.61. The molecule has 0 N–H and O–H groups in total. The van der Waals surface area contributed by atoms with Gasteiger partial charge in [-0.25, -0.2) is 0 Å². The summed E-state index contributed by atoms with van der Waals surface area (Å²) in [6, 6.07) is 27.5. The first-order chi connectivity index (χ1) is 12.9. The molecule has 4 aromatic carbocycles. The molecule has 0 aliphatic heterocycles. The van der Waals surface area contributed by atoms with Crippen LogP contribution in [0.4, 0.5) is 0 Å². The highest BCUT2D eigenvalue weighted by Gasteiger charge is 2.10. The Kier molecular flexibility index (Phi) is 3.97. The first-order valence-electron chi connectivity index (χ1n) is 9.89. The van der Waals surface area contributed by atoms with Crippen molar-refractivity contribution in [1.82, 2.24) is 0 Å². The highest BCUT2D eigenvalue weighted by molar-refractivity contribution is 5.90. The zero-order valence-corrected chi connectivity index (χ0v) is 15.2. The van der Waals surface area contributed by atoms with Gasteiger partial charge in [0.15, 0.2) is 0 Å². The summed E-state index contributed by atoms with van der Waals surface area (Å²) in [6.07, 6.45) is 7.00. The van der Waals surface area contributed by atoms with Crippen molar-refractivity contribution in [2.45, 2.75) is 38.5 Å². The topological polar surface area (TPSA) is 0 Å². The minimum atomic E-state index is 1.15. The molecule has 0 saturated heterocycles. The molecule has 0 heteroatoms. The Labute approximate surface area is 155 Å². The van der Waals surface area contributed by atoms with E-state index in [9.17, 15) is 0 Å². The number of benzene rings is 4. The third kappa shape index (κ3) is 2.70. The van der Waals surface area contributed by atoms with Gasteiger partial charge in [0.1, 0.15) is 0 Å². The SMILES string of the molecule is c1ccc2c3ccc(c2c1)CCCc1ccc(c2ccccc12)CCC3. The maximum atomic E-state index is 2.38. The lowest BCUT2D eigenvalue weighted by molar-refractivity contribution is 0.814. The van der Waals surface area contributed by atoms with Gasteiger partial charge in [0.05, 0.1) is 0 Å². The summed E-state index contributed by atoms with van der Waals surface area (Å²) >= 11 is 0. The van der Waals surface area contributed by atoms with E-state index in [0.29, 0.717) is 0 Å². The van der Waals surface area contributed by atoms with E-state index >= 15 is 0 Å². The molecule has 0 nitrogen and oxygen atoms in total. The second-order valence-electron chi connectivity index (χ2n) is 7.57. The van der Waals surface area contributed by atoms with E-state index in [1.54, 1.807) is 0 Å². The largest absolute Gasteiger partial charge is 0.0616 e. The highest BCUT2D eigenvalue weighted by Crippen LogP contribution is 2.29. The quantitative estimate of drug-likeness (QED) is 0.337. The first-order valence-corrected chi connectivity index (χ1v) is 9.89. The number of rotatable bonds is 0. The van der Waals surface area contributed by atoms with Crippen LogP contribution in [0.1, 0.15) is 35.1 Å². The Hall–Kier alpha value is -2.60. The summed E-state index contributed by atoms with van der Waals surface area (Å²) in [4.78, 5) is 0. The summed E-state index contributed by atoms with van der Waals surface area (Å²) in [7, 11) is 0. The van der Waals surface area contributed by atoms with Crippen molar-refractivity contribution >= 4 is 21.5 Å². The third-order valence-corrected chi connectivity index (χ3v) is 5.99. The molecule has 0 amide bonds. The Morgan fingerprint density at radius 2 is 0.615 bits per heavy atom. The van der Waals surface area contributed by atoms with Crippen LogP contribution >= 0.6 is 0 Å². The summed E-state index contributed by atoms with van der Waals surface area (Å²) in [5.41, 5.74) is 6.01. The molecule has 0 saturated carbocycles. The lowest BCUT2D eigenvalue weighted by Gasteiger charge is -2.15. The predicted molar refractivity (Wildman–Crippen MR) is 112 cm³/mol. The van der Waals surface area contributed by atoms with Gasteiger partial charge in [-0.3, -0.25) is 0 Å². The van der Waals surface area contributed by atoms with Crippen LogP contribution in [0.3, 0.4) is 0 Å². The summed E-state index contributed by atoms with van der Waals surface area (Å²) in [6.45, 7) is 0. The molecule has 2 aliphatic carbocycles. The zero-order chi connectivity index (χ0) is 17.3. The van der Waals surface area contributed by atoms with E-state index in [2.05, 4.69) is 72.8 Å². The monoisotopic (exact) mass is 336 g/mol. The van der Waals surface area contributed by atoms with Crippen molar-refractivity contribution in [3.63, 3.8) is 0 Å². The van der Waals surface area contributed by atoms with Crippen LogP contribution in [0.25, 0.3) is 21.5 Å². The van der Waals surface area contributed by atoms with Gasteiger partial charge in [0, 0.05) is 0 Å². The summed E-state index contributed by atoms with van der Waals surface area (Å²) in [5, 5.41) is 5.84. The van der Waals surface area contributed by atoms with E-state index in [-0.39, 0.29) is 0 Å². The van der Waals surface area contributed by atoms with Crippen molar-refractivity contribution in [3.05, 3.63) is 95.1 Å². The molecule has 0 heterocycles. The first kappa shape index (κ1) is 15.6. The average Bonchev–Trinajstić information content (AvgIpc) is 2.70. The number of aryl methyl sites for hydroxylation is 4. The Morgan fingerprint density at radius 1 is 0.346 bits per heavy atom. The number of hydrogen-bond donors (Lipinski definition) is 0. The fraction of sp³-hybridized carbons (Fsp3) is 0.231. The molecular formula is C26H24. The molecule has 0 atom stereocenters. The van der Waals surface area contributed by atoms with Crippen LogP contribution in [0.5, 0.6) is 0 Å². The van der Waals surface area contributed by atoms with Gasteiger partial charge in [-0.15, -0.1) is 0 Å². The van der Waals surface area contributed by atoms with Gasteiger partial charge >= 0.3 is 0 Å². The van der Waals surface area contributed by atoms with E-state index in [0.717, 1.165) is 25.7 Å². The van der Waals surface area contributed by atoms with Crippen LogP contribution in [0.2, 0.25) is 0 Å². The van der Waals surface area contributed by atoms with Crippen molar-refractivity contribution in [3.8, 4) is 0 Å². The Morgan fingerprint density at radius 3 is 0.885 bits per heavy atom. The average molecular weight is 336 g/mol. The molecular weight excluding hydrogens is 312 g/mol. The van der Waals surface area contributed by atoms with Gasteiger partial charge < -0.3 is 0 Å². The molecule has 4 aromatic rings. The fourth-order valence-electron chi connectivity index (χ4n) is 4.66. The molecule has 26 heavy (non-hydrogen) atoms.